The van der Waals surface area contributed by atoms with Crippen LogP contribution in [0, 0.1) is 0 Å². The van der Waals surface area contributed by atoms with E-state index in [1.54, 1.807) is 6.07 Å². The van der Waals surface area contributed by atoms with Gasteiger partial charge in [-0.2, -0.15) is 0 Å². The summed E-state index contributed by atoms with van der Waals surface area (Å²) >= 11 is 1.41. The molecule has 2 N–H and O–H groups in total. The van der Waals surface area contributed by atoms with Crippen molar-refractivity contribution in [1.29, 1.82) is 0 Å². The maximum Gasteiger partial charge on any atom is 0.261 e. The number of hydrogen-bond acceptors (Lipinski definition) is 4. The van der Waals surface area contributed by atoms with E-state index >= 15 is 0 Å². The molecule has 0 aliphatic carbocycles. The fourth-order valence-corrected chi connectivity index (χ4v) is 2.71. The lowest BCUT2D eigenvalue weighted by Gasteiger charge is -2.10. The molecule has 2 rings (SSSR count). The van der Waals surface area contributed by atoms with E-state index in [1.165, 1.54) is 11.3 Å². The highest BCUT2D eigenvalue weighted by atomic mass is 32.1. The van der Waals surface area contributed by atoms with Gasteiger partial charge in [0.1, 0.15) is 0 Å². The molecule has 1 aromatic heterocycles. The fraction of sp³-hybridized carbons (Fsp3) is 0.571. The van der Waals surface area contributed by atoms with Gasteiger partial charge in [0, 0.05) is 26.1 Å². The topological polar surface area (TPSA) is 67.4 Å². The Morgan fingerprint density at radius 2 is 2.30 bits per heavy atom. The Morgan fingerprint density at radius 3 is 3.00 bits per heavy atom. The summed E-state index contributed by atoms with van der Waals surface area (Å²) in [6, 6.07) is 3.63. The molecule has 0 radical (unpaired) electrons. The number of hydrogen-bond donors (Lipinski definition) is 2. The van der Waals surface area contributed by atoms with Crippen molar-refractivity contribution in [1.82, 2.24) is 10.6 Å². The Balaban J connectivity index is 1.52. The molecule has 1 aliphatic heterocycles. The molecule has 0 saturated carbocycles. The van der Waals surface area contributed by atoms with Crippen LogP contribution in [0.15, 0.2) is 17.5 Å². The van der Waals surface area contributed by atoms with Gasteiger partial charge < -0.3 is 15.4 Å². The SMILES string of the molecule is O=C(CCCNC(=O)c1cccs1)NCC1CCCO1. The molecule has 2 heterocycles. The molecule has 6 heteroatoms. The smallest absolute Gasteiger partial charge is 0.261 e. The van der Waals surface area contributed by atoms with Gasteiger partial charge >= 0.3 is 0 Å². The minimum atomic E-state index is -0.0697. The van der Waals surface area contributed by atoms with Gasteiger partial charge in [0.2, 0.25) is 5.91 Å². The molecule has 1 unspecified atom stereocenters. The van der Waals surface area contributed by atoms with E-state index < -0.39 is 0 Å². The first kappa shape index (κ1) is 15.0. The maximum atomic E-state index is 11.6. The molecule has 1 aromatic rings. The highest BCUT2D eigenvalue weighted by Gasteiger charge is 2.15. The standard InChI is InChI=1S/C14H20N2O3S/c17-13(16-10-11-4-2-8-19-11)6-1-7-15-14(18)12-5-3-9-20-12/h3,5,9,11H,1-2,4,6-8,10H2,(H,15,18)(H,16,17). The fourth-order valence-electron chi connectivity index (χ4n) is 2.07. The molecule has 1 saturated heterocycles. The highest BCUT2D eigenvalue weighted by Crippen LogP contribution is 2.10. The summed E-state index contributed by atoms with van der Waals surface area (Å²) in [7, 11) is 0. The summed E-state index contributed by atoms with van der Waals surface area (Å²) in [6.45, 7) is 1.92. The van der Waals surface area contributed by atoms with Crippen molar-refractivity contribution in [3.63, 3.8) is 0 Å². The van der Waals surface area contributed by atoms with Crippen molar-refractivity contribution in [2.45, 2.75) is 31.8 Å². The van der Waals surface area contributed by atoms with Gasteiger partial charge in [0.15, 0.2) is 0 Å². The second-order valence-corrected chi connectivity index (χ2v) is 5.72. The van der Waals surface area contributed by atoms with Crippen molar-refractivity contribution >= 4 is 23.2 Å². The van der Waals surface area contributed by atoms with Gasteiger partial charge in [-0.25, -0.2) is 0 Å². The zero-order valence-electron chi connectivity index (χ0n) is 11.4. The number of carbonyl (C=O) groups excluding carboxylic acids is 2. The first-order valence-electron chi connectivity index (χ1n) is 6.95. The van der Waals surface area contributed by atoms with Crippen molar-refractivity contribution in [2.75, 3.05) is 19.7 Å². The van der Waals surface area contributed by atoms with Crippen LogP contribution < -0.4 is 10.6 Å². The summed E-state index contributed by atoms with van der Waals surface area (Å²) in [5, 5.41) is 7.54. The lowest BCUT2D eigenvalue weighted by molar-refractivity contribution is -0.121. The molecule has 0 bridgehead atoms. The number of nitrogens with one attached hydrogen (secondary N) is 2. The van der Waals surface area contributed by atoms with E-state index in [1.807, 2.05) is 11.4 Å². The second-order valence-electron chi connectivity index (χ2n) is 4.78. The van der Waals surface area contributed by atoms with Crippen LogP contribution in [0.25, 0.3) is 0 Å². The minimum absolute atomic E-state index is 0.0193. The third-order valence-electron chi connectivity index (χ3n) is 3.16. The Kier molecular flexibility index (Phi) is 6.01. The summed E-state index contributed by atoms with van der Waals surface area (Å²) in [5.41, 5.74) is 0. The molecule has 1 aliphatic rings. The van der Waals surface area contributed by atoms with Crippen molar-refractivity contribution < 1.29 is 14.3 Å². The van der Waals surface area contributed by atoms with Gasteiger partial charge in [0.05, 0.1) is 11.0 Å². The third-order valence-corrected chi connectivity index (χ3v) is 4.03. The van der Waals surface area contributed by atoms with Crippen LogP contribution in [0.3, 0.4) is 0 Å². The Bertz CT molecular complexity index is 428. The van der Waals surface area contributed by atoms with Crippen molar-refractivity contribution in [3.05, 3.63) is 22.4 Å². The zero-order valence-corrected chi connectivity index (χ0v) is 12.2. The molecule has 0 spiro atoms. The second kappa shape index (κ2) is 8.01. The molecule has 1 fully saturated rings. The van der Waals surface area contributed by atoms with E-state index in [0.717, 1.165) is 19.4 Å². The summed E-state index contributed by atoms with van der Waals surface area (Å²) < 4.78 is 5.43. The largest absolute Gasteiger partial charge is 0.376 e. The van der Waals surface area contributed by atoms with Crippen LogP contribution in [0.1, 0.15) is 35.4 Å². The average molecular weight is 296 g/mol. The first-order valence-corrected chi connectivity index (χ1v) is 7.83. The molecule has 20 heavy (non-hydrogen) atoms. The summed E-state index contributed by atoms with van der Waals surface area (Å²) in [5.74, 6) is -0.0503. The average Bonchev–Trinajstić information content (AvgIpc) is 3.13. The predicted octanol–water partition coefficient (Wildman–Crippen LogP) is 1.55. The molecule has 5 nitrogen and oxygen atoms in total. The van der Waals surface area contributed by atoms with Gasteiger partial charge in [-0.3, -0.25) is 9.59 Å². The zero-order chi connectivity index (χ0) is 14.2. The van der Waals surface area contributed by atoms with Crippen LogP contribution >= 0.6 is 11.3 Å². The summed E-state index contributed by atoms with van der Waals surface area (Å²) in [6.07, 6.45) is 3.36. The van der Waals surface area contributed by atoms with E-state index in [2.05, 4.69) is 10.6 Å². The normalized spacial score (nSPS) is 17.9. The number of ether oxygens (including phenoxy) is 1. The Hall–Kier alpha value is -1.40. The van der Waals surface area contributed by atoms with Gasteiger partial charge in [-0.05, 0) is 30.7 Å². The third kappa shape index (κ3) is 4.94. The number of rotatable bonds is 7. The van der Waals surface area contributed by atoms with E-state index in [-0.39, 0.29) is 17.9 Å². The lowest BCUT2D eigenvalue weighted by atomic mass is 10.2. The quantitative estimate of drug-likeness (QED) is 0.750. The Labute approximate surface area is 122 Å². The highest BCUT2D eigenvalue weighted by molar-refractivity contribution is 7.12. The first-order chi connectivity index (χ1) is 9.75. The molecule has 2 amide bonds. The lowest BCUT2D eigenvalue weighted by Crippen LogP contribution is -2.32. The Morgan fingerprint density at radius 1 is 1.40 bits per heavy atom. The molecular formula is C14H20N2O3S. The van der Waals surface area contributed by atoms with E-state index in [9.17, 15) is 9.59 Å². The number of carbonyl (C=O) groups is 2. The van der Waals surface area contributed by atoms with Crippen molar-refractivity contribution in [2.24, 2.45) is 0 Å². The van der Waals surface area contributed by atoms with Crippen LogP contribution in [0.2, 0.25) is 0 Å². The molecular weight excluding hydrogens is 276 g/mol. The summed E-state index contributed by atoms with van der Waals surface area (Å²) in [4.78, 5) is 23.9. The molecule has 1 atom stereocenters. The maximum absolute atomic E-state index is 11.6. The van der Waals surface area contributed by atoms with Gasteiger partial charge in [-0.15, -0.1) is 11.3 Å². The van der Waals surface area contributed by atoms with Crippen LogP contribution in [0.5, 0.6) is 0 Å². The molecule has 110 valence electrons. The van der Waals surface area contributed by atoms with Gasteiger partial charge in [-0.1, -0.05) is 6.07 Å². The number of amides is 2. The van der Waals surface area contributed by atoms with E-state index in [0.29, 0.717) is 30.8 Å². The minimum Gasteiger partial charge on any atom is -0.376 e. The molecule has 0 aromatic carbocycles. The number of thiophene rings is 1. The van der Waals surface area contributed by atoms with Crippen molar-refractivity contribution in [3.8, 4) is 0 Å². The monoisotopic (exact) mass is 296 g/mol. The van der Waals surface area contributed by atoms with E-state index in [4.69, 9.17) is 4.74 Å². The van der Waals surface area contributed by atoms with Crippen LogP contribution in [0.4, 0.5) is 0 Å². The predicted molar refractivity (Wildman–Crippen MR) is 77.9 cm³/mol. The van der Waals surface area contributed by atoms with Crippen LogP contribution in [-0.2, 0) is 9.53 Å². The van der Waals surface area contributed by atoms with Crippen LogP contribution in [-0.4, -0.2) is 37.6 Å². The van der Waals surface area contributed by atoms with Gasteiger partial charge in [0.25, 0.3) is 5.91 Å².